The standard InChI is InChI=1S/C15H14BrClN2O2/c16-13-7-12(8-18-9-13)15(21)19(4-5-20)10-11-2-1-3-14(17)6-11/h1-3,6-9,20H,4-5,10H2. The highest BCUT2D eigenvalue weighted by Crippen LogP contribution is 2.16. The molecule has 2 rings (SSSR count). The summed E-state index contributed by atoms with van der Waals surface area (Å²) in [5, 5.41) is 9.79. The number of carbonyl (C=O) groups excluding carboxylic acids is 1. The van der Waals surface area contributed by atoms with Crippen molar-refractivity contribution >= 4 is 33.4 Å². The van der Waals surface area contributed by atoms with Gasteiger partial charge in [-0.25, -0.2) is 0 Å². The zero-order valence-corrected chi connectivity index (χ0v) is 13.5. The Morgan fingerprint density at radius 3 is 2.81 bits per heavy atom. The van der Waals surface area contributed by atoms with Gasteiger partial charge in [-0.2, -0.15) is 0 Å². The van der Waals surface area contributed by atoms with Crippen LogP contribution in [0.1, 0.15) is 15.9 Å². The van der Waals surface area contributed by atoms with E-state index < -0.39 is 0 Å². The molecule has 0 aliphatic heterocycles. The van der Waals surface area contributed by atoms with Gasteiger partial charge in [-0.3, -0.25) is 9.78 Å². The van der Waals surface area contributed by atoms with E-state index in [1.807, 2.05) is 12.1 Å². The predicted octanol–water partition coefficient (Wildman–Crippen LogP) is 3.13. The molecule has 0 spiro atoms. The third kappa shape index (κ3) is 4.52. The summed E-state index contributed by atoms with van der Waals surface area (Å²) in [4.78, 5) is 18.1. The number of amides is 1. The molecule has 0 aliphatic rings. The summed E-state index contributed by atoms with van der Waals surface area (Å²) >= 11 is 9.25. The molecule has 0 aliphatic carbocycles. The lowest BCUT2D eigenvalue weighted by Crippen LogP contribution is -2.33. The molecule has 4 nitrogen and oxygen atoms in total. The van der Waals surface area contributed by atoms with Gasteiger partial charge >= 0.3 is 0 Å². The maximum atomic E-state index is 12.5. The Morgan fingerprint density at radius 2 is 2.14 bits per heavy atom. The van der Waals surface area contributed by atoms with Gasteiger partial charge in [-0.1, -0.05) is 23.7 Å². The molecule has 6 heteroatoms. The normalized spacial score (nSPS) is 10.4. The predicted molar refractivity (Wildman–Crippen MR) is 85.2 cm³/mol. The number of halogens is 2. The SMILES string of the molecule is O=C(c1cncc(Br)c1)N(CCO)Cc1cccc(Cl)c1. The number of hydrogen-bond acceptors (Lipinski definition) is 3. The first-order chi connectivity index (χ1) is 10.1. The Kier molecular flexibility index (Phi) is 5.73. The Balaban J connectivity index is 2.20. The van der Waals surface area contributed by atoms with Crippen molar-refractivity contribution in [3.8, 4) is 0 Å². The molecule has 2 aromatic rings. The summed E-state index contributed by atoms with van der Waals surface area (Å²) < 4.78 is 0.736. The topological polar surface area (TPSA) is 53.4 Å². The number of aliphatic hydroxyl groups is 1. The van der Waals surface area contributed by atoms with Crippen molar-refractivity contribution in [1.29, 1.82) is 0 Å². The van der Waals surface area contributed by atoms with E-state index in [-0.39, 0.29) is 19.1 Å². The second kappa shape index (κ2) is 7.54. The molecule has 21 heavy (non-hydrogen) atoms. The van der Waals surface area contributed by atoms with Crippen molar-refractivity contribution < 1.29 is 9.90 Å². The summed E-state index contributed by atoms with van der Waals surface area (Å²) in [5.74, 6) is -0.183. The molecule has 1 aromatic heterocycles. The third-order valence-electron chi connectivity index (χ3n) is 2.87. The highest BCUT2D eigenvalue weighted by Gasteiger charge is 2.16. The minimum Gasteiger partial charge on any atom is -0.395 e. The van der Waals surface area contributed by atoms with E-state index in [9.17, 15) is 9.90 Å². The third-order valence-corrected chi connectivity index (χ3v) is 3.54. The molecular weight excluding hydrogens is 356 g/mol. The summed E-state index contributed by atoms with van der Waals surface area (Å²) in [5.41, 5.74) is 1.38. The maximum absolute atomic E-state index is 12.5. The fraction of sp³-hybridized carbons (Fsp3) is 0.200. The van der Waals surface area contributed by atoms with Crippen molar-refractivity contribution in [3.05, 3.63) is 63.3 Å². The van der Waals surface area contributed by atoms with Crippen LogP contribution in [0.5, 0.6) is 0 Å². The highest BCUT2D eigenvalue weighted by molar-refractivity contribution is 9.10. The van der Waals surface area contributed by atoms with E-state index in [2.05, 4.69) is 20.9 Å². The van der Waals surface area contributed by atoms with Gasteiger partial charge in [-0.15, -0.1) is 0 Å². The molecule has 0 unspecified atom stereocenters. The van der Waals surface area contributed by atoms with E-state index in [0.717, 1.165) is 10.0 Å². The smallest absolute Gasteiger partial charge is 0.255 e. The molecule has 0 fully saturated rings. The lowest BCUT2D eigenvalue weighted by Gasteiger charge is -2.22. The van der Waals surface area contributed by atoms with Crippen LogP contribution in [0.4, 0.5) is 0 Å². The first-order valence-corrected chi connectivity index (χ1v) is 7.52. The molecule has 0 atom stereocenters. The second-order valence-electron chi connectivity index (χ2n) is 4.47. The van der Waals surface area contributed by atoms with Crippen LogP contribution >= 0.6 is 27.5 Å². The van der Waals surface area contributed by atoms with Gasteiger partial charge in [-0.05, 0) is 39.7 Å². The number of nitrogens with zero attached hydrogens (tertiary/aromatic N) is 2. The van der Waals surface area contributed by atoms with Crippen LogP contribution in [0.15, 0.2) is 47.2 Å². The van der Waals surface area contributed by atoms with E-state index in [1.165, 1.54) is 6.20 Å². The lowest BCUT2D eigenvalue weighted by molar-refractivity contribution is 0.0707. The number of aromatic nitrogens is 1. The van der Waals surface area contributed by atoms with E-state index >= 15 is 0 Å². The second-order valence-corrected chi connectivity index (χ2v) is 5.82. The minimum atomic E-state index is -0.183. The zero-order chi connectivity index (χ0) is 15.2. The van der Waals surface area contributed by atoms with Crippen LogP contribution in [-0.2, 0) is 6.54 Å². The first kappa shape index (κ1) is 15.9. The molecule has 0 radical (unpaired) electrons. The van der Waals surface area contributed by atoms with Crippen molar-refractivity contribution in [2.45, 2.75) is 6.54 Å². The van der Waals surface area contributed by atoms with Gasteiger partial charge in [0.05, 0.1) is 12.2 Å². The Hall–Kier alpha value is -1.43. The van der Waals surface area contributed by atoms with E-state index in [1.54, 1.807) is 29.3 Å². The first-order valence-electron chi connectivity index (χ1n) is 6.35. The summed E-state index contributed by atoms with van der Waals surface area (Å²) in [6, 6.07) is 9.01. The molecule has 1 N–H and O–H groups in total. The van der Waals surface area contributed by atoms with Crippen molar-refractivity contribution in [3.63, 3.8) is 0 Å². The van der Waals surface area contributed by atoms with Gasteiger partial charge < -0.3 is 10.0 Å². The van der Waals surface area contributed by atoms with Crippen LogP contribution in [0.3, 0.4) is 0 Å². The average Bonchev–Trinajstić information content (AvgIpc) is 2.46. The molecule has 0 saturated carbocycles. The molecular formula is C15H14BrClN2O2. The molecule has 110 valence electrons. The minimum absolute atomic E-state index is 0.103. The van der Waals surface area contributed by atoms with Gasteiger partial charge in [0.25, 0.3) is 5.91 Å². The average molecular weight is 370 g/mol. The number of benzene rings is 1. The summed E-state index contributed by atoms with van der Waals surface area (Å²) in [6.07, 6.45) is 3.12. The Morgan fingerprint density at radius 1 is 1.33 bits per heavy atom. The number of hydrogen-bond donors (Lipinski definition) is 1. The number of carbonyl (C=O) groups is 1. The number of rotatable bonds is 5. The quantitative estimate of drug-likeness (QED) is 0.881. The largest absolute Gasteiger partial charge is 0.395 e. The number of aliphatic hydroxyl groups excluding tert-OH is 1. The van der Waals surface area contributed by atoms with Crippen LogP contribution in [0.2, 0.25) is 5.02 Å². The van der Waals surface area contributed by atoms with Gasteiger partial charge in [0, 0.05) is 35.0 Å². The highest BCUT2D eigenvalue weighted by atomic mass is 79.9. The van der Waals surface area contributed by atoms with E-state index in [4.69, 9.17) is 11.6 Å². The van der Waals surface area contributed by atoms with Crippen molar-refractivity contribution in [2.24, 2.45) is 0 Å². The van der Waals surface area contributed by atoms with Gasteiger partial charge in [0.1, 0.15) is 0 Å². The number of pyridine rings is 1. The molecule has 1 aromatic carbocycles. The van der Waals surface area contributed by atoms with Gasteiger partial charge in [0.15, 0.2) is 0 Å². The Bertz CT molecular complexity index is 637. The van der Waals surface area contributed by atoms with Crippen molar-refractivity contribution in [2.75, 3.05) is 13.2 Å². The van der Waals surface area contributed by atoms with Crippen LogP contribution in [0.25, 0.3) is 0 Å². The van der Waals surface area contributed by atoms with E-state index in [0.29, 0.717) is 17.1 Å². The molecule has 0 saturated heterocycles. The fourth-order valence-electron chi connectivity index (χ4n) is 1.94. The molecule has 1 heterocycles. The molecule has 0 bridgehead atoms. The maximum Gasteiger partial charge on any atom is 0.255 e. The summed E-state index contributed by atoms with van der Waals surface area (Å²) in [7, 11) is 0. The zero-order valence-electron chi connectivity index (χ0n) is 11.2. The fourth-order valence-corrected chi connectivity index (χ4v) is 2.52. The Labute approximate surface area is 136 Å². The van der Waals surface area contributed by atoms with Crippen molar-refractivity contribution in [1.82, 2.24) is 9.88 Å². The van der Waals surface area contributed by atoms with Gasteiger partial charge in [0.2, 0.25) is 0 Å². The molecule has 1 amide bonds. The van der Waals surface area contributed by atoms with Crippen LogP contribution < -0.4 is 0 Å². The summed E-state index contributed by atoms with van der Waals surface area (Å²) in [6.45, 7) is 0.526. The lowest BCUT2D eigenvalue weighted by atomic mass is 10.2. The van der Waals surface area contributed by atoms with Crippen LogP contribution in [0, 0.1) is 0 Å². The monoisotopic (exact) mass is 368 g/mol. The van der Waals surface area contributed by atoms with Crippen LogP contribution in [-0.4, -0.2) is 34.0 Å².